The summed E-state index contributed by atoms with van der Waals surface area (Å²) in [6.07, 6.45) is 4.50. The molecule has 0 aliphatic rings. The zero-order valence-corrected chi connectivity index (χ0v) is 12.7. The van der Waals surface area contributed by atoms with Crippen LogP contribution in [0.5, 0.6) is 0 Å². The molecule has 1 aromatic rings. The van der Waals surface area contributed by atoms with Gasteiger partial charge in [0.15, 0.2) is 0 Å². The Kier molecular flexibility index (Phi) is 5.39. The Labute approximate surface area is 114 Å². The maximum atomic E-state index is 10.8. The van der Waals surface area contributed by atoms with E-state index in [1.54, 1.807) is 0 Å². The van der Waals surface area contributed by atoms with Gasteiger partial charge in [-0.1, -0.05) is 27.2 Å². The molecule has 1 heterocycles. The number of aryl methyl sites for hydroxylation is 3. The normalized spacial score (nSPS) is 11.8. The number of hydrogen-bond acceptors (Lipinski definition) is 2. The number of carbonyl (C=O) groups is 1. The minimum atomic E-state index is -0.699. The van der Waals surface area contributed by atoms with Gasteiger partial charge < -0.3 is 5.11 Å². The Hall–Kier alpha value is -0.830. The summed E-state index contributed by atoms with van der Waals surface area (Å²) in [6, 6.07) is 2.27. The summed E-state index contributed by atoms with van der Waals surface area (Å²) in [5.74, 6) is -0.699. The lowest BCUT2D eigenvalue weighted by atomic mass is 9.83. The molecule has 1 rings (SSSR count). The molecule has 0 unspecified atom stereocenters. The van der Waals surface area contributed by atoms with Crippen LogP contribution in [0, 0.1) is 12.3 Å². The number of carboxylic acid groups (broad SMARTS) is 1. The molecular formula is C15H24O2S. The van der Waals surface area contributed by atoms with Gasteiger partial charge in [0.1, 0.15) is 0 Å². The van der Waals surface area contributed by atoms with E-state index in [1.165, 1.54) is 21.7 Å². The minimum absolute atomic E-state index is 0.120. The molecule has 0 spiro atoms. The van der Waals surface area contributed by atoms with Crippen molar-refractivity contribution in [2.24, 2.45) is 5.41 Å². The first-order valence-corrected chi connectivity index (χ1v) is 7.45. The maximum absolute atomic E-state index is 10.8. The Bertz CT molecular complexity index is 405. The van der Waals surface area contributed by atoms with Gasteiger partial charge in [-0.2, -0.15) is 0 Å². The third-order valence-electron chi connectivity index (χ3n) is 3.20. The summed E-state index contributed by atoms with van der Waals surface area (Å²) in [4.78, 5) is 13.7. The number of aliphatic carboxylic acids is 1. The van der Waals surface area contributed by atoms with Crippen LogP contribution in [0.4, 0.5) is 0 Å². The minimum Gasteiger partial charge on any atom is -0.481 e. The standard InChI is InChI=1S/C15H24O2S/c1-5-6-13-12(9-11(2)18-13)7-8-15(3,4)10-14(16)17/h9H,5-8,10H2,1-4H3,(H,16,17). The van der Waals surface area contributed by atoms with Gasteiger partial charge in [0.2, 0.25) is 0 Å². The molecule has 0 aliphatic heterocycles. The van der Waals surface area contributed by atoms with Crippen LogP contribution < -0.4 is 0 Å². The average Bonchev–Trinajstić information content (AvgIpc) is 2.55. The van der Waals surface area contributed by atoms with E-state index in [1.807, 2.05) is 25.2 Å². The molecule has 0 radical (unpaired) electrons. The fourth-order valence-corrected chi connectivity index (χ4v) is 3.42. The second kappa shape index (κ2) is 6.37. The van der Waals surface area contributed by atoms with Crippen LogP contribution >= 0.6 is 11.3 Å². The van der Waals surface area contributed by atoms with E-state index in [0.29, 0.717) is 0 Å². The fourth-order valence-electron chi connectivity index (χ4n) is 2.24. The zero-order chi connectivity index (χ0) is 13.8. The molecule has 0 fully saturated rings. The molecule has 0 bridgehead atoms. The van der Waals surface area contributed by atoms with Crippen LogP contribution in [-0.4, -0.2) is 11.1 Å². The van der Waals surface area contributed by atoms with Gasteiger partial charge in [-0.05, 0) is 43.2 Å². The highest BCUT2D eigenvalue weighted by molar-refractivity contribution is 7.12. The molecule has 0 amide bonds. The van der Waals surface area contributed by atoms with E-state index < -0.39 is 5.97 Å². The van der Waals surface area contributed by atoms with Crippen molar-refractivity contribution < 1.29 is 9.90 Å². The smallest absolute Gasteiger partial charge is 0.303 e. The predicted octanol–water partition coefficient (Wildman–Crippen LogP) is 4.44. The van der Waals surface area contributed by atoms with Crippen LogP contribution in [0.2, 0.25) is 0 Å². The van der Waals surface area contributed by atoms with Crippen LogP contribution in [-0.2, 0) is 17.6 Å². The van der Waals surface area contributed by atoms with Gasteiger partial charge in [-0.15, -0.1) is 11.3 Å². The molecule has 2 nitrogen and oxygen atoms in total. The van der Waals surface area contributed by atoms with Gasteiger partial charge >= 0.3 is 5.97 Å². The summed E-state index contributed by atoms with van der Waals surface area (Å²) >= 11 is 1.89. The van der Waals surface area contributed by atoms with Crippen LogP contribution in [0.3, 0.4) is 0 Å². The van der Waals surface area contributed by atoms with Gasteiger partial charge in [-0.3, -0.25) is 4.79 Å². The molecule has 0 saturated carbocycles. The largest absolute Gasteiger partial charge is 0.481 e. The zero-order valence-electron chi connectivity index (χ0n) is 11.9. The van der Waals surface area contributed by atoms with E-state index in [-0.39, 0.29) is 11.8 Å². The highest BCUT2D eigenvalue weighted by atomic mass is 32.1. The number of rotatable bonds is 7. The second-order valence-corrected chi connectivity index (χ2v) is 7.13. The fraction of sp³-hybridized carbons (Fsp3) is 0.667. The third kappa shape index (κ3) is 4.81. The van der Waals surface area contributed by atoms with Crippen molar-refractivity contribution in [2.45, 2.75) is 59.8 Å². The molecule has 18 heavy (non-hydrogen) atoms. The van der Waals surface area contributed by atoms with Crippen molar-refractivity contribution in [3.8, 4) is 0 Å². The Morgan fingerprint density at radius 2 is 2.06 bits per heavy atom. The molecule has 102 valence electrons. The predicted molar refractivity (Wildman–Crippen MR) is 77.4 cm³/mol. The van der Waals surface area contributed by atoms with Crippen molar-refractivity contribution in [3.05, 3.63) is 21.4 Å². The van der Waals surface area contributed by atoms with Crippen molar-refractivity contribution in [1.82, 2.24) is 0 Å². The second-order valence-electron chi connectivity index (χ2n) is 5.79. The first kappa shape index (κ1) is 15.2. The highest BCUT2D eigenvalue weighted by Crippen LogP contribution is 2.30. The van der Waals surface area contributed by atoms with Gasteiger partial charge in [-0.25, -0.2) is 0 Å². The number of carboxylic acids is 1. The molecule has 0 atom stereocenters. The summed E-state index contributed by atoms with van der Waals surface area (Å²) in [6.45, 7) is 8.43. The quantitative estimate of drug-likeness (QED) is 0.793. The lowest BCUT2D eigenvalue weighted by molar-refractivity contribution is -0.139. The molecule has 0 aromatic carbocycles. The molecule has 0 saturated heterocycles. The lowest BCUT2D eigenvalue weighted by Gasteiger charge is -2.22. The third-order valence-corrected chi connectivity index (χ3v) is 4.35. The van der Waals surface area contributed by atoms with Crippen LogP contribution in [0.25, 0.3) is 0 Å². The van der Waals surface area contributed by atoms with Gasteiger partial charge in [0.05, 0.1) is 6.42 Å². The van der Waals surface area contributed by atoms with Crippen molar-refractivity contribution in [2.75, 3.05) is 0 Å². The molecule has 0 aliphatic carbocycles. The molecular weight excluding hydrogens is 244 g/mol. The summed E-state index contributed by atoms with van der Waals surface area (Å²) in [5.41, 5.74) is 1.31. The summed E-state index contributed by atoms with van der Waals surface area (Å²) in [7, 11) is 0. The first-order chi connectivity index (χ1) is 8.34. The molecule has 1 aromatic heterocycles. The lowest BCUT2D eigenvalue weighted by Crippen LogP contribution is -2.17. The Morgan fingerprint density at radius 1 is 1.39 bits per heavy atom. The SMILES string of the molecule is CCCc1sc(C)cc1CCC(C)(C)CC(=O)O. The van der Waals surface area contributed by atoms with Gasteiger partial charge in [0.25, 0.3) is 0 Å². The van der Waals surface area contributed by atoms with E-state index in [9.17, 15) is 4.79 Å². The van der Waals surface area contributed by atoms with E-state index in [4.69, 9.17) is 5.11 Å². The Morgan fingerprint density at radius 3 is 2.61 bits per heavy atom. The van der Waals surface area contributed by atoms with E-state index in [0.717, 1.165) is 19.3 Å². The Balaban J connectivity index is 2.64. The van der Waals surface area contributed by atoms with Crippen molar-refractivity contribution in [3.63, 3.8) is 0 Å². The summed E-state index contributed by atoms with van der Waals surface area (Å²) < 4.78 is 0. The number of hydrogen-bond donors (Lipinski definition) is 1. The van der Waals surface area contributed by atoms with Crippen molar-refractivity contribution >= 4 is 17.3 Å². The van der Waals surface area contributed by atoms with Crippen LogP contribution in [0.15, 0.2) is 6.07 Å². The molecule has 3 heteroatoms. The topological polar surface area (TPSA) is 37.3 Å². The number of thiophene rings is 1. The van der Waals surface area contributed by atoms with E-state index >= 15 is 0 Å². The van der Waals surface area contributed by atoms with Crippen molar-refractivity contribution in [1.29, 1.82) is 0 Å². The highest BCUT2D eigenvalue weighted by Gasteiger charge is 2.22. The first-order valence-electron chi connectivity index (χ1n) is 6.64. The van der Waals surface area contributed by atoms with E-state index in [2.05, 4.69) is 19.9 Å². The van der Waals surface area contributed by atoms with Crippen LogP contribution in [0.1, 0.15) is 55.4 Å². The maximum Gasteiger partial charge on any atom is 0.303 e. The summed E-state index contributed by atoms with van der Waals surface area (Å²) in [5, 5.41) is 8.89. The van der Waals surface area contributed by atoms with Gasteiger partial charge in [0, 0.05) is 9.75 Å². The monoisotopic (exact) mass is 268 g/mol. The average molecular weight is 268 g/mol. The molecule has 1 N–H and O–H groups in total.